The van der Waals surface area contributed by atoms with Gasteiger partial charge >= 0.3 is 5.97 Å². The number of rotatable bonds is 20. The maximum Gasteiger partial charge on any atom is 0.306 e. The van der Waals surface area contributed by atoms with Crippen LogP contribution in [-0.2, 0) is 9.53 Å². The largest absolute Gasteiger partial charge is 0.462 e. The Morgan fingerprint density at radius 3 is 1.96 bits per heavy atom. The number of carbonyl (C=O) groups is 1. The van der Waals surface area contributed by atoms with Crippen LogP contribution >= 0.6 is 0 Å². The van der Waals surface area contributed by atoms with E-state index in [0.717, 1.165) is 60.2 Å². The summed E-state index contributed by atoms with van der Waals surface area (Å²) in [6.45, 7) is 17.5. The summed E-state index contributed by atoms with van der Waals surface area (Å²) in [5.74, 6) is 6.78. The second-order valence-corrected chi connectivity index (χ2v) is 18.4. The number of unbranched alkanes of at least 4 members (excludes halogenated alkanes) is 12. The summed E-state index contributed by atoms with van der Waals surface area (Å²) in [7, 11) is 0. The van der Waals surface area contributed by atoms with Gasteiger partial charge in [0.05, 0.1) is 0 Å². The van der Waals surface area contributed by atoms with E-state index in [1.54, 1.807) is 0 Å². The van der Waals surface area contributed by atoms with Gasteiger partial charge in [-0.3, -0.25) is 4.79 Å². The summed E-state index contributed by atoms with van der Waals surface area (Å²) in [6.07, 6.45) is 33.4. The Labute approximate surface area is 288 Å². The Morgan fingerprint density at radius 1 is 0.696 bits per heavy atom. The molecule has 10 atom stereocenters. The molecule has 268 valence electrons. The number of carbonyl (C=O) groups excluding carboxylic acids is 1. The van der Waals surface area contributed by atoms with E-state index in [-0.39, 0.29) is 17.5 Å². The molecule has 4 aliphatic rings. The molecule has 46 heavy (non-hydrogen) atoms. The second kappa shape index (κ2) is 18.5. The van der Waals surface area contributed by atoms with E-state index in [9.17, 15) is 4.79 Å². The van der Waals surface area contributed by atoms with Crippen molar-refractivity contribution in [2.45, 2.75) is 215 Å². The minimum Gasteiger partial charge on any atom is -0.462 e. The lowest BCUT2D eigenvalue weighted by atomic mass is 9.44. The fourth-order valence-electron chi connectivity index (χ4n) is 12.0. The van der Waals surface area contributed by atoms with Gasteiger partial charge in [-0.1, -0.05) is 138 Å². The second-order valence-electron chi connectivity index (χ2n) is 18.4. The summed E-state index contributed by atoms with van der Waals surface area (Å²) in [4.78, 5) is 13.3. The third-order valence-corrected chi connectivity index (χ3v) is 15.4. The minimum absolute atomic E-state index is 0.114. The molecule has 4 saturated carbocycles. The molecule has 1 unspecified atom stereocenters. The molecule has 4 fully saturated rings. The van der Waals surface area contributed by atoms with Gasteiger partial charge in [0.2, 0.25) is 0 Å². The zero-order valence-corrected chi connectivity index (χ0v) is 32.2. The highest BCUT2D eigenvalue weighted by Crippen LogP contribution is 2.68. The molecule has 0 aromatic heterocycles. The van der Waals surface area contributed by atoms with Gasteiger partial charge in [-0.05, 0) is 117 Å². The SMILES string of the molecule is CCCCCCCCCCCCCCCC(=O)OC1CCC[C@@H]2CC[C@@H]3[C@@H]4CC[C@H]([C@H](C)CC[C@H](C)C(C)C)[C@@]4(C)CC[C@@H]3[C@@]12C. The van der Waals surface area contributed by atoms with Crippen molar-refractivity contribution in [3.8, 4) is 0 Å². The molecule has 4 aliphatic carbocycles. The monoisotopic (exact) mass is 641 g/mol. The Hall–Kier alpha value is -0.530. The van der Waals surface area contributed by atoms with E-state index in [2.05, 4.69) is 48.5 Å². The van der Waals surface area contributed by atoms with Crippen molar-refractivity contribution in [2.24, 2.45) is 58.2 Å². The van der Waals surface area contributed by atoms with Crippen LogP contribution in [0.1, 0.15) is 209 Å². The van der Waals surface area contributed by atoms with E-state index in [1.165, 1.54) is 141 Å². The Balaban J connectivity index is 1.22. The smallest absolute Gasteiger partial charge is 0.306 e. The Morgan fingerprint density at radius 2 is 1.33 bits per heavy atom. The lowest BCUT2D eigenvalue weighted by molar-refractivity contribution is -0.192. The molecule has 0 amide bonds. The maximum atomic E-state index is 13.3. The highest BCUT2D eigenvalue weighted by Gasteiger charge is 2.62. The van der Waals surface area contributed by atoms with E-state index >= 15 is 0 Å². The first-order chi connectivity index (χ1) is 22.1. The van der Waals surface area contributed by atoms with Crippen LogP contribution < -0.4 is 0 Å². The fraction of sp³-hybridized carbons (Fsp3) is 0.977. The van der Waals surface area contributed by atoms with Gasteiger partial charge in [-0.2, -0.15) is 0 Å². The van der Waals surface area contributed by atoms with Crippen LogP contribution in [0.3, 0.4) is 0 Å². The van der Waals surface area contributed by atoms with Gasteiger partial charge in [0.25, 0.3) is 0 Å². The molecule has 0 saturated heterocycles. The molecule has 0 aromatic rings. The summed E-state index contributed by atoms with van der Waals surface area (Å²) in [6, 6.07) is 0. The topological polar surface area (TPSA) is 26.3 Å². The van der Waals surface area contributed by atoms with Crippen LogP contribution in [-0.4, -0.2) is 12.1 Å². The molecule has 0 bridgehead atoms. The van der Waals surface area contributed by atoms with Gasteiger partial charge in [-0.25, -0.2) is 0 Å². The highest BCUT2D eigenvalue weighted by atomic mass is 16.5. The predicted octanol–water partition coefficient (Wildman–Crippen LogP) is 13.7. The molecule has 0 spiro atoms. The average molecular weight is 641 g/mol. The summed E-state index contributed by atoms with van der Waals surface area (Å²) >= 11 is 0. The molecule has 0 radical (unpaired) electrons. The Bertz CT molecular complexity index is 879. The number of ether oxygens (including phenoxy) is 1. The average Bonchev–Trinajstić information content (AvgIpc) is 3.39. The molecule has 2 heteroatoms. The molecule has 2 nitrogen and oxygen atoms in total. The molecule has 0 N–H and O–H groups in total. The third-order valence-electron chi connectivity index (χ3n) is 15.4. The molecule has 0 heterocycles. The maximum absolute atomic E-state index is 13.3. The molecular weight excluding hydrogens is 560 g/mol. The van der Waals surface area contributed by atoms with Crippen molar-refractivity contribution >= 4 is 5.97 Å². The van der Waals surface area contributed by atoms with Crippen LogP contribution in [0, 0.1) is 58.2 Å². The first-order valence-electron chi connectivity index (χ1n) is 21.3. The lowest BCUT2D eigenvalue weighted by Crippen LogP contribution is -2.58. The minimum atomic E-state index is 0.114. The number of esters is 1. The van der Waals surface area contributed by atoms with Crippen molar-refractivity contribution in [2.75, 3.05) is 0 Å². The molecule has 0 aliphatic heterocycles. The van der Waals surface area contributed by atoms with Crippen molar-refractivity contribution in [3.63, 3.8) is 0 Å². The predicted molar refractivity (Wildman–Crippen MR) is 198 cm³/mol. The fourth-order valence-corrected chi connectivity index (χ4v) is 12.0. The van der Waals surface area contributed by atoms with Crippen molar-refractivity contribution in [1.29, 1.82) is 0 Å². The summed E-state index contributed by atoms with van der Waals surface area (Å²) in [5, 5.41) is 0. The van der Waals surface area contributed by atoms with Gasteiger partial charge < -0.3 is 4.74 Å². The van der Waals surface area contributed by atoms with Gasteiger partial charge in [0.1, 0.15) is 6.10 Å². The molecule has 4 rings (SSSR count). The summed E-state index contributed by atoms with van der Waals surface area (Å²) < 4.78 is 6.55. The van der Waals surface area contributed by atoms with E-state index < -0.39 is 0 Å². The van der Waals surface area contributed by atoms with Gasteiger partial charge in [-0.15, -0.1) is 0 Å². The van der Waals surface area contributed by atoms with Crippen molar-refractivity contribution in [1.82, 2.24) is 0 Å². The molecule has 0 aromatic carbocycles. The zero-order chi connectivity index (χ0) is 33.2. The highest BCUT2D eigenvalue weighted by molar-refractivity contribution is 5.69. The number of hydrogen-bond acceptors (Lipinski definition) is 2. The first-order valence-corrected chi connectivity index (χ1v) is 21.3. The normalized spacial score (nSPS) is 35.3. The Kier molecular flexibility index (Phi) is 15.4. The van der Waals surface area contributed by atoms with Crippen molar-refractivity contribution in [3.05, 3.63) is 0 Å². The van der Waals surface area contributed by atoms with Gasteiger partial charge in [0, 0.05) is 11.8 Å². The van der Waals surface area contributed by atoms with Crippen molar-refractivity contribution < 1.29 is 9.53 Å². The van der Waals surface area contributed by atoms with Crippen LogP contribution in [0.25, 0.3) is 0 Å². The van der Waals surface area contributed by atoms with Crippen LogP contribution in [0.2, 0.25) is 0 Å². The standard InChI is InChI=1S/C44H80O2/c1-8-9-10-11-12-13-14-15-16-17-18-19-20-24-42(45)46-41-23-21-22-36-27-28-37-39-30-29-38(35(5)26-25-34(4)33(2)3)43(39,6)32-31-40(37)44(36,41)7/h33-41H,8-32H2,1-7H3/t34-,35+,36+,37+,38+,39-,40-,41?,43+,44-/m0/s1. The van der Waals surface area contributed by atoms with Crippen LogP contribution in [0.4, 0.5) is 0 Å². The summed E-state index contributed by atoms with van der Waals surface area (Å²) in [5.41, 5.74) is 0.727. The quantitative estimate of drug-likeness (QED) is 0.0977. The van der Waals surface area contributed by atoms with Gasteiger partial charge in [0.15, 0.2) is 0 Å². The third kappa shape index (κ3) is 9.37. The number of fused-ring (bicyclic) bond motifs is 5. The van der Waals surface area contributed by atoms with Crippen LogP contribution in [0.5, 0.6) is 0 Å². The van der Waals surface area contributed by atoms with E-state index in [0.29, 0.717) is 11.8 Å². The zero-order valence-electron chi connectivity index (χ0n) is 32.2. The van der Waals surface area contributed by atoms with E-state index in [4.69, 9.17) is 4.74 Å². The molecular formula is C44H80O2. The number of hydrogen-bond donors (Lipinski definition) is 0. The van der Waals surface area contributed by atoms with E-state index in [1.807, 2.05) is 0 Å². The first kappa shape index (κ1) is 38.3. The van der Waals surface area contributed by atoms with Crippen LogP contribution in [0.15, 0.2) is 0 Å². The lowest BCUT2D eigenvalue weighted by Gasteiger charge is -2.62.